The summed E-state index contributed by atoms with van der Waals surface area (Å²) >= 11 is 5.65. The van der Waals surface area contributed by atoms with Crippen molar-refractivity contribution in [1.82, 2.24) is 20.1 Å². The van der Waals surface area contributed by atoms with Crippen LogP contribution in [0.5, 0.6) is 0 Å². The molecule has 0 amide bonds. The number of nitrogens with one attached hydrogen (secondary N) is 1. The molecular weight excluding hydrogens is 414 g/mol. The fourth-order valence-corrected chi connectivity index (χ4v) is 4.01. The Balaban J connectivity index is 1.67. The van der Waals surface area contributed by atoms with E-state index in [-0.39, 0.29) is 17.8 Å². The number of thiocarbonyl (C=S) groups is 1. The van der Waals surface area contributed by atoms with Gasteiger partial charge in [0, 0.05) is 37.0 Å². The van der Waals surface area contributed by atoms with E-state index in [4.69, 9.17) is 16.6 Å². The summed E-state index contributed by atoms with van der Waals surface area (Å²) in [6.45, 7) is 1.57. The number of likely N-dealkylation sites (N-methyl/N-ethyl adjacent to an activating group) is 1. The molecule has 9 heteroatoms. The molecule has 1 saturated heterocycles. The van der Waals surface area contributed by atoms with Gasteiger partial charge in [0.2, 0.25) is 0 Å². The molecule has 0 saturated carbocycles. The van der Waals surface area contributed by atoms with Crippen molar-refractivity contribution in [2.45, 2.75) is 12.1 Å². The molecule has 4 rings (SSSR count). The van der Waals surface area contributed by atoms with Crippen LogP contribution in [0.4, 0.5) is 5.69 Å². The molecule has 1 fully saturated rings. The van der Waals surface area contributed by atoms with Crippen molar-refractivity contribution in [2.24, 2.45) is 0 Å². The lowest BCUT2D eigenvalue weighted by molar-refractivity contribution is -0.384. The Morgan fingerprint density at radius 2 is 1.97 bits per heavy atom. The zero-order valence-electron chi connectivity index (χ0n) is 17.3. The summed E-state index contributed by atoms with van der Waals surface area (Å²) < 4.78 is 6.24. The lowest BCUT2D eigenvalue weighted by Gasteiger charge is -2.27. The first-order valence-corrected chi connectivity index (χ1v) is 10.3. The van der Waals surface area contributed by atoms with E-state index in [9.17, 15) is 10.1 Å². The minimum Gasteiger partial charge on any atom is -0.459 e. The van der Waals surface area contributed by atoms with Crippen LogP contribution in [0.15, 0.2) is 65.2 Å². The Bertz CT molecular complexity index is 1070. The van der Waals surface area contributed by atoms with E-state index in [0.29, 0.717) is 10.9 Å². The van der Waals surface area contributed by atoms with E-state index < -0.39 is 4.92 Å². The molecule has 160 valence electrons. The molecule has 3 heterocycles. The van der Waals surface area contributed by atoms with Gasteiger partial charge in [-0.05, 0) is 62.7 Å². The van der Waals surface area contributed by atoms with Crippen LogP contribution in [0.1, 0.15) is 23.5 Å². The normalized spacial score (nSPS) is 18.4. The van der Waals surface area contributed by atoms with Gasteiger partial charge in [0.25, 0.3) is 5.69 Å². The van der Waals surface area contributed by atoms with Gasteiger partial charge in [-0.3, -0.25) is 15.1 Å². The minimum absolute atomic E-state index is 0.0472. The number of furan rings is 1. The number of nitro groups is 1. The number of benzene rings is 1. The van der Waals surface area contributed by atoms with Crippen LogP contribution >= 0.6 is 12.2 Å². The van der Waals surface area contributed by atoms with Gasteiger partial charge in [0.15, 0.2) is 5.11 Å². The maximum atomic E-state index is 10.9. The van der Waals surface area contributed by atoms with Crippen molar-refractivity contribution in [3.63, 3.8) is 0 Å². The van der Waals surface area contributed by atoms with E-state index >= 15 is 0 Å². The van der Waals surface area contributed by atoms with Crippen molar-refractivity contribution >= 4 is 23.0 Å². The van der Waals surface area contributed by atoms with E-state index in [0.717, 1.165) is 30.1 Å². The van der Waals surface area contributed by atoms with Crippen LogP contribution < -0.4 is 5.32 Å². The SMILES string of the molecule is CN(C)CCN1C(=S)NC(c2ccccn2)C1c1ccc(-c2ccc([N+](=O)[O-])cc2)o1. The van der Waals surface area contributed by atoms with Gasteiger partial charge in [-0.1, -0.05) is 6.07 Å². The highest BCUT2D eigenvalue weighted by molar-refractivity contribution is 7.80. The molecule has 0 bridgehead atoms. The molecule has 0 aliphatic carbocycles. The second-order valence-electron chi connectivity index (χ2n) is 7.63. The molecule has 1 N–H and O–H groups in total. The Labute approximate surface area is 185 Å². The summed E-state index contributed by atoms with van der Waals surface area (Å²) in [6.07, 6.45) is 1.77. The molecule has 31 heavy (non-hydrogen) atoms. The third kappa shape index (κ3) is 4.42. The molecule has 3 aromatic rings. The summed E-state index contributed by atoms with van der Waals surface area (Å²) in [5, 5.41) is 15.0. The van der Waals surface area contributed by atoms with E-state index in [1.54, 1.807) is 18.3 Å². The average Bonchev–Trinajstić information content (AvgIpc) is 3.37. The van der Waals surface area contributed by atoms with Gasteiger partial charge in [-0.2, -0.15) is 0 Å². The van der Waals surface area contributed by atoms with Crippen LogP contribution in [0.2, 0.25) is 0 Å². The molecule has 1 aromatic carbocycles. The summed E-state index contributed by atoms with van der Waals surface area (Å²) in [5.74, 6) is 1.41. The average molecular weight is 438 g/mol. The zero-order chi connectivity index (χ0) is 22.0. The Hall–Kier alpha value is -3.30. The number of hydrogen-bond acceptors (Lipinski definition) is 6. The lowest BCUT2D eigenvalue weighted by atomic mass is 10.0. The molecular formula is C22H23N5O3S. The van der Waals surface area contributed by atoms with Crippen LogP contribution in [0.25, 0.3) is 11.3 Å². The third-order valence-corrected chi connectivity index (χ3v) is 5.62. The highest BCUT2D eigenvalue weighted by Crippen LogP contribution is 2.40. The number of rotatable bonds is 7. The number of hydrogen-bond donors (Lipinski definition) is 1. The maximum Gasteiger partial charge on any atom is 0.269 e. The molecule has 0 radical (unpaired) electrons. The highest BCUT2D eigenvalue weighted by atomic mass is 32.1. The van der Waals surface area contributed by atoms with Gasteiger partial charge in [-0.15, -0.1) is 0 Å². The Morgan fingerprint density at radius 3 is 2.61 bits per heavy atom. The summed E-state index contributed by atoms with van der Waals surface area (Å²) in [5.41, 5.74) is 1.71. The first-order chi connectivity index (χ1) is 14.9. The number of aromatic nitrogens is 1. The maximum absolute atomic E-state index is 10.9. The summed E-state index contributed by atoms with van der Waals surface area (Å²) in [7, 11) is 4.05. The second kappa shape index (κ2) is 8.83. The van der Waals surface area contributed by atoms with Gasteiger partial charge in [0.1, 0.15) is 17.6 Å². The van der Waals surface area contributed by atoms with Crippen molar-refractivity contribution in [1.29, 1.82) is 0 Å². The topological polar surface area (TPSA) is 87.7 Å². The van der Waals surface area contributed by atoms with Gasteiger partial charge in [0.05, 0.1) is 16.7 Å². The van der Waals surface area contributed by atoms with Crippen LogP contribution in [-0.2, 0) is 0 Å². The molecule has 8 nitrogen and oxygen atoms in total. The fraction of sp³-hybridized carbons (Fsp3) is 0.273. The quantitative estimate of drug-likeness (QED) is 0.339. The summed E-state index contributed by atoms with van der Waals surface area (Å²) in [4.78, 5) is 19.3. The largest absolute Gasteiger partial charge is 0.459 e. The molecule has 1 aliphatic rings. The lowest BCUT2D eigenvalue weighted by Crippen LogP contribution is -2.35. The minimum atomic E-state index is -0.414. The molecule has 1 aliphatic heterocycles. The standard InChI is InChI=1S/C22H23N5O3S/c1-25(2)13-14-26-21(20(24-22(26)31)17-5-3-4-12-23-17)19-11-10-18(30-19)15-6-8-16(9-7-15)27(28)29/h3-12,20-21H,13-14H2,1-2H3,(H,24,31). The fourth-order valence-electron chi connectivity index (χ4n) is 3.68. The Morgan fingerprint density at radius 1 is 1.19 bits per heavy atom. The van der Waals surface area contributed by atoms with Crippen molar-refractivity contribution in [3.05, 3.63) is 82.4 Å². The molecule has 2 atom stereocenters. The smallest absolute Gasteiger partial charge is 0.269 e. The number of pyridine rings is 1. The van der Waals surface area contributed by atoms with Gasteiger partial charge >= 0.3 is 0 Å². The predicted octanol–water partition coefficient (Wildman–Crippen LogP) is 3.78. The highest BCUT2D eigenvalue weighted by Gasteiger charge is 2.41. The van der Waals surface area contributed by atoms with Crippen LogP contribution in [0.3, 0.4) is 0 Å². The first-order valence-electron chi connectivity index (χ1n) is 9.91. The van der Waals surface area contributed by atoms with Crippen molar-refractivity contribution in [2.75, 3.05) is 27.2 Å². The molecule has 2 unspecified atom stereocenters. The van der Waals surface area contributed by atoms with Crippen molar-refractivity contribution in [3.8, 4) is 11.3 Å². The van der Waals surface area contributed by atoms with Gasteiger partial charge in [-0.25, -0.2) is 0 Å². The van der Waals surface area contributed by atoms with Crippen LogP contribution in [-0.4, -0.2) is 52.0 Å². The first kappa shape index (κ1) is 21.0. The molecule has 2 aromatic heterocycles. The summed E-state index contributed by atoms with van der Waals surface area (Å²) in [6, 6.07) is 15.7. The molecule has 0 spiro atoms. The van der Waals surface area contributed by atoms with Crippen LogP contribution in [0, 0.1) is 10.1 Å². The third-order valence-electron chi connectivity index (χ3n) is 5.27. The predicted molar refractivity (Wildman–Crippen MR) is 122 cm³/mol. The van der Waals surface area contributed by atoms with E-state index in [1.807, 2.05) is 44.4 Å². The second-order valence-corrected chi connectivity index (χ2v) is 8.02. The monoisotopic (exact) mass is 437 g/mol. The van der Waals surface area contributed by atoms with E-state index in [2.05, 4.69) is 20.1 Å². The van der Waals surface area contributed by atoms with Crippen molar-refractivity contribution < 1.29 is 9.34 Å². The van der Waals surface area contributed by atoms with Gasteiger partial charge < -0.3 is 19.5 Å². The number of nitrogens with zero attached hydrogens (tertiary/aromatic N) is 4. The Kier molecular flexibility index (Phi) is 5.97. The number of nitro benzene ring substituents is 1. The zero-order valence-corrected chi connectivity index (χ0v) is 18.1. The number of non-ortho nitro benzene ring substituents is 1. The van der Waals surface area contributed by atoms with E-state index in [1.165, 1.54) is 12.1 Å².